The molecule has 0 saturated carbocycles. The highest BCUT2D eigenvalue weighted by molar-refractivity contribution is 7.10. The Morgan fingerprint density at radius 2 is 2.18 bits per heavy atom. The number of aryl methyl sites for hydroxylation is 1. The minimum absolute atomic E-state index is 0.368. The van der Waals surface area contributed by atoms with Crippen molar-refractivity contribution in [2.75, 3.05) is 0 Å². The van der Waals surface area contributed by atoms with Crippen molar-refractivity contribution in [1.29, 1.82) is 0 Å². The zero-order valence-corrected chi connectivity index (χ0v) is 11.6. The standard InChI is InChI=1S/C14H16ClNS/c1-10-5-6-12(13(15)8-10)9-16-11(2)14-4-3-7-17-14/h3-8,11,16H,9H2,1-2H3. The Hall–Kier alpha value is -0.830. The van der Waals surface area contributed by atoms with Crippen LogP contribution in [0.4, 0.5) is 0 Å². The van der Waals surface area contributed by atoms with Gasteiger partial charge >= 0.3 is 0 Å². The summed E-state index contributed by atoms with van der Waals surface area (Å²) in [5, 5.41) is 6.43. The highest BCUT2D eigenvalue weighted by Crippen LogP contribution is 2.21. The Kier molecular flexibility index (Phi) is 4.21. The zero-order chi connectivity index (χ0) is 12.3. The normalized spacial score (nSPS) is 12.6. The third-order valence-corrected chi connectivity index (χ3v) is 4.18. The monoisotopic (exact) mass is 265 g/mol. The maximum absolute atomic E-state index is 6.20. The van der Waals surface area contributed by atoms with Crippen molar-refractivity contribution in [3.05, 3.63) is 56.7 Å². The number of hydrogen-bond donors (Lipinski definition) is 1. The van der Waals surface area contributed by atoms with E-state index >= 15 is 0 Å². The predicted octanol–water partition coefficient (Wildman–Crippen LogP) is 4.56. The molecule has 1 N–H and O–H groups in total. The van der Waals surface area contributed by atoms with Gasteiger partial charge in [0.25, 0.3) is 0 Å². The largest absolute Gasteiger partial charge is 0.305 e. The Morgan fingerprint density at radius 3 is 2.82 bits per heavy atom. The first-order valence-electron chi connectivity index (χ1n) is 5.68. The lowest BCUT2D eigenvalue weighted by Crippen LogP contribution is -2.17. The Balaban J connectivity index is 1.98. The van der Waals surface area contributed by atoms with Crippen molar-refractivity contribution >= 4 is 22.9 Å². The molecule has 0 radical (unpaired) electrons. The van der Waals surface area contributed by atoms with E-state index in [0.29, 0.717) is 6.04 Å². The summed E-state index contributed by atoms with van der Waals surface area (Å²) in [7, 11) is 0. The van der Waals surface area contributed by atoms with Gasteiger partial charge in [-0.05, 0) is 42.5 Å². The van der Waals surface area contributed by atoms with E-state index in [2.05, 4.69) is 48.8 Å². The molecule has 2 aromatic rings. The molecule has 1 nitrogen and oxygen atoms in total. The lowest BCUT2D eigenvalue weighted by Gasteiger charge is -2.13. The molecule has 1 aromatic carbocycles. The van der Waals surface area contributed by atoms with E-state index in [4.69, 9.17) is 11.6 Å². The van der Waals surface area contributed by atoms with Crippen LogP contribution in [0.3, 0.4) is 0 Å². The highest BCUT2D eigenvalue weighted by Gasteiger charge is 2.07. The van der Waals surface area contributed by atoms with Crippen LogP contribution in [-0.2, 0) is 6.54 Å². The van der Waals surface area contributed by atoms with E-state index in [9.17, 15) is 0 Å². The lowest BCUT2D eigenvalue weighted by atomic mass is 10.1. The molecule has 17 heavy (non-hydrogen) atoms. The molecule has 0 aliphatic carbocycles. The summed E-state index contributed by atoms with van der Waals surface area (Å²) in [6.07, 6.45) is 0. The number of hydrogen-bond acceptors (Lipinski definition) is 2. The van der Waals surface area contributed by atoms with Gasteiger partial charge in [0.1, 0.15) is 0 Å². The summed E-state index contributed by atoms with van der Waals surface area (Å²) < 4.78 is 0. The third kappa shape index (κ3) is 3.32. The molecule has 0 spiro atoms. The van der Waals surface area contributed by atoms with Crippen LogP contribution < -0.4 is 5.32 Å². The van der Waals surface area contributed by atoms with Crippen LogP contribution in [-0.4, -0.2) is 0 Å². The highest BCUT2D eigenvalue weighted by atomic mass is 35.5. The number of benzene rings is 1. The minimum Gasteiger partial charge on any atom is -0.305 e. The molecule has 0 aliphatic heterocycles. The average Bonchev–Trinajstić information content (AvgIpc) is 2.81. The second-order valence-electron chi connectivity index (χ2n) is 4.21. The van der Waals surface area contributed by atoms with Gasteiger partial charge in [-0.25, -0.2) is 0 Å². The van der Waals surface area contributed by atoms with Crippen LogP contribution in [0.15, 0.2) is 35.7 Å². The molecule has 2 rings (SSSR count). The SMILES string of the molecule is Cc1ccc(CNC(C)c2cccs2)c(Cl)c1. The van der Waals surface area contributed by atoms with Crippen molar-refractivity contribution in [3.8, 4) is 0 Å². The van der Waals surface area contributed by atoms with Gasteiger partial charge in [-0.2, -0.15) is 0 Å². The predicted molar refractivity (Wildman–Crippen MR) is 75.8 cm³/mol. The van der Waals surface area contributed by atoms with Crippen LogP contribution in [0, 0.1) is 6.92 Å². The van der Waals surface area contributed by atoms with Gasteiger partial charge < -0.3 is 5.32 Å². The second-order valence-corrected chi connectivity index (χ2v) is 5.60. The van der Waals surface area contributed by atoms with Crippen molar-refractivity contribution < 1.29 is 0 Å². The molecule has 1 aromatic heterocycles. The summed E-state index contributed by atoms with van der Waals surface area (Å²) >= 11 is 7.98. The molecule has 90 valence electrons. The number of thiophene rings is 1. The molecular formula is C14H16ClNS. The van der Waals surface area contributed by atoms with Crippen LogP contribution >= 0.6 is 22.9 Å². The average molecular weight is 266 g/mol. The van der Waals surface area contributed by atoms with Gasteiger partial charge in [0.05, 0.1) is 0 Å². The molecule has 1 heterocycles. The van der Waals surface area contributed by atoms with E-state index in [0.717, 1.165) is 17.1 Å². The first kappa shape index (κ1) is 12.6. The first-order chi connectivity index (χ1) is 8.16. The van der Waals surface area contributed by atoms with Crippen molar-refractivity contribution in [3.63, 3.8) is 0 Å². The fraction of sp³-hybridized carbons (Fsp3) is 0.286. The van der Waals surface area contributed by atoms with E-state index in [-0.39, 0.29) is 0 Å². The van der Waals surface area contributed by atoms with E-state index in [1.165, 1.54) is 10.4 Å². The maximum atomic E-state index is 6.20. The van der Waals surface area contributed by atoms with Gasteiger partial charge in [-0.15, -0.1) is 11.3 Å². The van der Waals surface area contributed by atoms with Gasteiger partial charge in [0.2, 0.25) is 0 Å². The summed E-state index contributed by atoms with van der Waals surface area (Å²) in [5.41, 5.74) is 2.35. The molecular weight excluding hydrogens is 250 g/mol. The van der Waals surface area contributed by atoms with Gasteiger partial charge in [-0.1, -0.05) is 29.8 Å². The van der Waals surface area contributed by atoms with Crippen LogP contribution in [0.5, 0.6) is 0 Å². The molecule has 1 atom stereocenters. The molecule has 0 bridgehead atoms. The molecule has 1 unspecified atom stereocenters. The van der Waals surface area contributed by atoms with Gasteiger partial charge in [0.15, 0.2) is 0 Å². The Morgan fingerprint density at radius 1 is 1.35 bits per heavy atom. The number of halogens is 1. The molecule has 0 aliphatic rings. The molecule has 3 heteroatoms. The smallest absolute Gasteiger partial charge is 0.0453 e. The lowest BCUT2D eigenvalue weighted by molar-refractivity contribution is 0.583. The van der Waals surface area contributed by atoms with Crippen molar-refractivity contribution in [2.24, 2.45) is 0 Å². The number of nitrogens with one attached hydrogen (secondary N) is 1. The first-order valence-corrected chi connectivity index (χ1v) is 6.94. The summed E-state index contributed by atoms with van der Waals surface area (Å²) in [5.74, 6) is 0. The molecule has 0 saturated heterocycles. The maximum Gasteiger partial charge on any atom is 0.0453 e. The number of rotatable bonds is 4. The summed E-state index contributed by atoms with van der Waals surface area (Å²) in [4.78, 5) is 1.35. The van der Waals surface area contributed by atoms with E-state index < -0.39 is 0 Å². The van der Waals surface area contributed by atoms with Crippen LogP contribution in [0.25, 0.3) is 0 Å². The summed E-state index contributed by atoms with van der Waals surface area (Å²) in [6.45, 7) is 5.03. The van der Waals surface area contributed by atoms with Crippen molar-refractivity contribution in [2.45, 2.75) is 26.4 Å². The van der Waals surface area contributed by atoms with Crippen LogP contribution in [0.1, 0.15) is 29.0 Å². The molecule has 0 fully saturated rings. The fourth-order valence-corrected chi connectivity index (χ4v) is 2.76. The quantitative estimate of drug-likeness (QED) is 0.855. The van der Waals surface area contributed by atoms with Crippen LogP contribution in [0.2, 0.25) is 5.02 Å². The zero-order valence-electron chi connectivity index (χ0n) is 10.0. The van der Waals surface area contributed by atoms with E-state index in [1.54, 1.807) is 11.3 Å². The van der Waals surface area contributed by atoms with Gasteiger partial charge in [0, 0.05) is 22.5 Å². The second kappa shape index (κ2) is 5.67. The van der Waals surface area contributed by atoms with Crippen molar-refractivity contribution in [1.82, 2.24) is 5.32 Å². The fourth-order valence-electron chi connectivity index (χ4n) is 1.70. The Labute approximate surface area is 111 Å². The van der Waals surface area contributed by atoms with Gasteiger partial charge in [-0.3, -0.25) is 0 Å². The minimum atomic E-state index is 0.368. The topological polar surface area (TPSA) is 12.0 Å². The molecule has 0 amide bonds. The third-order valence-electron chi connectivity index (χ3n) is 2.78. The Bertz CT molecular complexity index is 479. The summed E-state index contributed by atoms with van der Waals surface area (Å²) in [6, 6.07) is 10.8. The van der Waals surface area contributed by atoms with E-state index in [1.807, 2.05) is 6.07 Å².